The van der Waals surface area contributed by atoms with E-state index in [1.54, 1.807) is 24.5 Å². The predicted octanol–water partition coefficient (Wildman–Crippen LogP) is 3.11. The first-order valence-corrected chi connectivity index (χ1v) is 11.2. The number of anilines is 1. The van der Waals surface area contributed by atoms with E-state index >= 15 is 0 Å². The SMILES string of the molecule is O=C(O)C(F)(F)F.O=C(O)C(F)(F)F.O=C(c1ccncc1)N1CCOCC2(CCN(c3ccccn3)C2)C1. The highest BCUT2D eigenvalue weighted by atomic mass is 19.4. The van der Waals surface area contributed by atoms with E-state index in [9.17, 15) is 31.1 Å². The van der Waals surface area contributed by atoms with Crippen molar-refractivity contribution in [1.29, 1.82) is 0 Å². The highest BCUT2D eigenvalue weighted by molar-refractivity contribution is 5.94. The van der Waals surface area contributed by atoms with Crippen LogP contribution in [0.4, 0.5) is 32.2 Å². The molecule has 0 aliphatic carbocycles. The molecule has 0 radical (unpaired) electrons. The summed E-state index contributed by atoms with van der Waals surface area (Å²) in [4.78, 5) is 43.3. The summed E-state index contributed by atoms with van der Waals surface area (Å²) < 4.78 is 69.4. The lowest BCUT2D eigenvalue weighted by Crippen LogP contribution is -2.43. The second kappa shape index (κ2) is 13.2. The molecular formula is C23H24F6N4O6. The van der Waals surface area contributed by atoms with Crippen molar-refractivity contribution in [2.45, 2.75) is 18.8 Å². The third-order valence-corrected chi connectivity index (χ3v) is 5.55. The molecule has 2 saturated heterocycles. The Labute approximate surface area is 217 Å². The van der Waals surface area contributed by atoms with Gasteiger partial charge in [0, 0.05) is 55.7 Å². The Balaban J connectivity index is 0.000000317. The summed E-state index contributed by atoms with van der Waals surface area (Å²) in [6, 6.07) is 9.52. The van der Waals surface area contributed by atoms with Gasteiger partial charge in [-0.1, -0.05) is 6.07 Å². The lowest BCUT2D eigenvalue weighted by molar-refractivity contribution is -0.193. The highest BCUT2D eigenvalue weighted by Crippen LogP contribution is 2.35. The fraction of sp³-hybridized carbons (Fsp3) is 0.435. The number of hydrogen-bond donors (Lipinski definition) is 2. The zero-order valence-corrected chi connectivity index (χ0v) is 20.2. The van der Waals surface area contributed by atoms with Crippen LogP contribution >= 0.6 is 0 Å². The number of nitrogens with zero attached hydrogens (tertiary/aromatic N) is 4. The number of rotatable bonds is 2. The molecule has 2 aromatic heterocycles. The third-order valence-electron chi connectivity index (χ3n) is 5.55. The lowest BCUT2D eigenvalue weighted by Gasteiger charge is -2.32. The number of pyridine rings is 2. The maximum absolute atomic E-state index is 12.9. The first-order chi connectivity index (χ1) is 18.1. The summed E-state index contributed by atoms with van der Waals surface area (Å²) in [6.45, 7) is 4.43. The van der Waals surface area contributed by atoms with Gasteiger partial charge in [-0.3, -0.25) is 9.78 Å². The van der Waals surface area contributed by atoms with Crippen LogP contribution in [0.15, 0.2) is 48.9 Å². The molecule has 0 saturated carbocycles. The largest absolute Gasteiger partial charge is 0.490 e. The van der Waals surface area contributed by atoms with Crippen LogP contribution in [0.2, 0.25) is 0 Å². The van der Waals surface area contributed by atoms with Gasteiger partial charge >= 0.3 is 24.3 Å². The van der Waals surface area contributed by atoms with E-state index in [-0.39, 0.29) is 11.3 Å². The summed E-state index contributed by atoms with van der Waals surface area (Å²) in [5.74, 6) is -4.46. The molecule has 1 atom stereocenters. The van der Waals surface area contributed by atoms with Crippen molar-refractivity contribution in [2.24, 2.45) is 5.41 Å². The van der Waals surface area contributed by atoms with E-state index < -0.39 is 24.3 Å². The molecule has 1 unspecified atom stereocenters. The van der Waals surface area contributed by atoms with Crippen LogP contribution in [0.3, 0.4) is 0 Å². The first-order valence-electron chi connectivity index (χ1n) is 11.2. The Hall–Kier alpha value is -3.95. The number of carbonyl (C=O) groups is 3. The minimum atomic E-state index is -5.08. The number of carboxylic acid groups (broad SMARTS) is 2. The van der Waals surface area contributed by atoms with Gasteiger partial charge in [-0.15, -0.1) is 0 Å². The Bertz CT molecular complexity index is 1080. The van der Waals surface area contributed by atoms with Gasteiger partial charge in [0.25, 0.3) is 5.91 Å². The quantitative estimate of drug-likeness (QED) is 0.526. The van der Waals surface area contributed by atoms with E-state index in [1.165, 1.54) is 0 Å². The minimum absolute atomic E-state index is 0.0310. The lowest BCUT2D eigenvalue weighted by atomic mass is 9.87. The van der Waals surface area contributed by atoms with E-state index in [0.717, 1.165) is 31.9 Å². The molecule has 0 bridgehead atoms. The Morgan fingerprint density at radius 2 is 1.46 bits per heavy atom. The molecule has 1 spiro atoms. The maximum Gasteiger partial charge on any atom is 0.490 e. The van der Waals surface area contributed by atoms with Crippen molar-refractivity contribution < 1.29 is 55.7 Å². The summed E-state index contributed by atoms with van der Waals surface area (Å²) in [7, 11) is 0. The van der Waals surface area contributed by atoms with Crippen LogP contribution in [0.1, 0.15) is 16.8 Å². The standard InChI is InChI=1S/C19H22N4O2.2C2HF3O2/c24-18(16-4-8-20-9-5-16)23-11-12-25-15-19(14-23)6-10-22(13-19)17-3-1-2-7-21-17;2*3-2(4,5)1(6)7/h1-5,7-9H,6,10-15H2;2*(H,6,7). The smallest absolute Gasteiger partial charge is 0.475 e. The zero-order chi connectivity index (χ0) is 29.3. The van der Waals surface area contributed by atoms with Crippen molar-refractivity contribution in [3.63, 3.8) is 0 Å². The third kappa shape index (κ3) is 9.70. The number of carbonyl (C=O) groups excluding carboxylic acids is 1. The number of aromatic nitrogens is 2. The normalized spacial score (nSPS) is 19.2. The number of amides is 1. The van der Waals surface area contributed by atoms with E-state index in [4.69, 9.17) is 24.5 Å². The molecule has 4 rings (SSSR count). The second-order valence-corrected chi connectivity index (χ2v) is 8.48. The number of ether oxygens (including phenoxy) is 1. The summed E-state index contributed by atoms with van der Waals surface area (Å²) >= 11 is 0. The van der Waals surface area contributed by atoms with Gasteiger partial charge in [0.15, 0.2) is 0 Å². The number of hydrogen-bond acceptors (Lipinski definition) is 7. The molecule has 2 fully saturated rings. The van der Waals surface area contributed by atoms with E-state index in [0.29, 0.717) is 25.3 Å². The fourth-order valence-corrected chi connectivity index (χ4v) is 3.76. The van der Waals surface area contributed by atoms with Crippen LogP contribution in [0.5, 0.6) is 0 Å². The Morgan fingerprint density at radius 1 is 0.872 bits per heavy atom. The Morgan fingerprint density at radius 3 is 1.97 bits per heavy atom. The molecule has 2 aliphatic heterocycles. The highest BCUT2D eigenvalue weighted by Gasteiger charge is 2.43. The number of halogens is 6. The molecule has 0 aromatic carbocycles. The van der Waals surface area contributed by atoms with Crippen molar-refractivity contribution in [2.75, 3.05) is 44.3 Å². The molecule has 4 heterocycles. The maximum atomic E-state index is 12.9. The van der Waals surface area contributed by atoms with Gasteiger partial charge in [-0.2, -0.15) is 26.3 Å². The molecule has 2 aromatic rings. The van der Waals surface area contributed by atoms with Gasteiger partial charge < -0.3 is 24.7 Å². The zero-order valence-electron chi connectivity index (χ0n) is 20.2. The van der Waals surface area contributed by atoms with Crippen LogP contribution in [-0.2, 0) is 14.3 Å². The van der Waals surface area contributed by atoms with Crippen LogP contribution in [0, 0.1) is 5.41 Å². The van der Waals surface area contributed by atoms with Gasteiger partial charge in [-0.25, -0.2) is 14.6 Å². The molecule has 2 N–H and O–H groups in total. The molecular weight excluding hydrogens is 542 g/mol. The monoisotopic (exact) mass is 566 g/mol. The summed E-state index contributed by atoms with van der Waals surface area (Å²) in [5, 5.41) is 14.2. The van der Waals surface area contributed by atoms with Crippen LogP contribution < -0.4 is 4.90 Å². The molecule has 2 aliphatic rings. The minimum Gasteiger partial charge on any atom is -0.475 e. The summed E-state index contributed by atoms with van der Waals surface area (Å²) in [6.07, 6.45) is -4.02. The average Bonchev–Trinajstić information content (AvgIpc) is 3.18. The van der Waals surface area contributed by atoms with Gasteiger partial charge in [0.05, 0.1) is 13.2 Å². The summed E-state index contributed by atoms with van der Waals surface area (Å²) in [5.41, 5.74) is 0.656. The second-order valence-electron chi connectivity index (χ2n) is 8.48. The molecule has 39 heavy (non-hydrogen) atoms. The van der Waals surface area contributed by atoms with Gasteiger partial charge in [-0.05, 0) is 30.7 Å². The number of aliphatic carboxylic acids is 2. The van der Waals surface area contributed by atoms with Crippen molar-refractivity contribution >= 4 is 23.7 Å². The van der Waals surface area contributed by atoms with Crippen LogP contribution in [-0.4, -0.2) is 94.7 Å². The molecule has 214 valence electrons. The first kappa shape index (κ1) is 31.3. The van der Waals surface area contributed by atoms with Gasteiger partial charge in [0.2, 0.25) is 0 Å². The molecule has 16 heteroatoms. The number of alkyl halides is 6. The molecule has 10 nitrogen and oxygen atoms in total. The Kier molecular flexibility index (Phi) is 10.6. The fourth-order valence-electron chi connectivity index (χ4n) is 3.76. The van der Waals surface area contributed by atoms with E-state index in [1.807, 2.05) is 29.3 Å². The molecule has 1 amide bonds. The average molecular weight is 566 g/mol. The van der Waals surface area contributed by atoms with E-state index in [2.05, 4.69) is 14.9 Å². The van der Waals surface area contributed by atoms with Crippen molar-refractivity contribution in [1.82, 2.24) is 14.9 Å². The van der Waals surface area contributed by atoms with Crippen LogP contribution in [0.25, 0.3) is 0 Å². The topological polar surface area (TPSA) is 133 Å². The van der Waals surface area contributed by atoms with Crippen molar-refractivity contribution in [3.8, 4) is 0 Å². The van der Waals surface area contributed by atoms with Crippen molar-refractivity contribution in [3.05, 3.63) is 54.5 Å². The van der Waals surface area contributed by atoms with Gasteiger partial charge in [0.1, 0.15) is 5.82 Å². The predicted molar refractivity (Wildman–Crippen MR) is 122 cm³/mol. The number of carboxylic acids is 2.